The van der Waals surface area contributed by atoms with E-state index in [1.165, 1.54) is 0 Å². The molecule has 0 aromatic rings. The van der Waals surface area contributed by atoms with E-state index < -0.39 is 17.6 Å². The van der Waals surface area contributed by atoms with Gasteiger partial charge in [0.15, 0.2) is 0 Å². The highest BCUT2D eigenvalue weighted by molar-refractivity contribution is 6.29. The predicted molar refractivity (Wildman–Crippen MR) is 51.2 cm³/mol. The average Bonchev–Trinajstić information content (AvgIpc) is 2.11. The largest absolute Gasteiger partial charge is 0.432 e. The van der Waals surface area contributed by atoms with Crippen LogP contribution in [0.1, 0.15) is 20.8 Å². The summed E-state index contributed by atoms with van der Waals surface area (Å²) >= 11 is 5.54. The van der Waals surface area contributed by atoms with Gasteiger partial charge in [-0.2, -0.15) is 0 Å². The van der Waals surface area contributed by atoms with Gasteiger partial charge in [-0.1, -0.05) is 0 Å². The molecule has 82 valence electrons. The van der Waals surface area contributed by atoms with Crippen LogP contribution in [0.5, 0.6) is 0 Å². The molecule has 4 atom stereocenters. The first-order chi connectivity index (χ1) is 6.50. The highest BCUT2D eigenvalue weighted by atomic mass is 35.5. The van der Waals surface area contributed by atoms with Crippen molar-refractivity contribution in [3.63, 3.8) is 0 Å². The Kier molecular flexibility index (Phi) is 4.16. The van der Waals surface area contributed by atoms with E-state index in [0.717, 1.165) is 0 Å². The van der Waals surface area contributed by atoms with E-state index in [9.17, 15) is 4.79 Å². The van der Waals surface area contributed by atoms with Gasteiger partial charge in [0.2, 0.25) is 6.29 Å². The molecule has 0 aromatic carbocycles. The smallest absolute Gasteiger partial charge is 0.326 e. The molecule has 4 nitrogen and oxygen atoms in total. The summed E-state index contributed by atoms with van der Waals surface area (Å²) in [5, 5.41) is -0.659. The lowest BCUT2D eigenvalue weighted by molar-refractivity contribution is -0.252. The lowest BCUT2D eigenvalue weighted by Gasteiger charge is -2.32. The molecule has 1 rings (SSSR count). The highest BCUT2D eigenvalue weighted by Crippen LogP contribution is 2.15. The fourth-order valence-electron chi connectivity index (χ4n) is 1.04. The van der Waals surface area contributed by atoms with Crippen molar-refractivity contribution >= 4 is 17.6 Å². The number of esters is 1. The zero-order valence-electron chi connectivity index (χ0n) is 8.53. The summed E-state index contributed by atoms with van der Waals surface area (Å²) in [6.07, 6.45) is -0.680. The van der Waals surface area contributed by atoms with Crippen LogP contribution in [-0.2, 0) is 19.0 Å². The van der Waals surface area contributed by atoms with E-state index in [1.54, 1.807) is 6.92 Å². The molecule has 1 aliphatic rings. The van der Waals surface area contributed by atoms with Crippen LogP contribution >= 0.6 is 11.6 Å². The number of hydrogen-bond acceptors (Lipinski definition) is 4. The summed E-state index contributed by atoms with van der Waals surface area (Å²) in [4.78, 5) is 11.1. The third-order valence-corrected chi connectivity index (χ3v) is 2.27. The van der Waals surface area contributed by atoms with Gasteiger partial charge in [-0.15, -0.1) is 11.6 Å². The summed E-state index contributed by atoms with van der Waals surface area (Å²) in [6, 6.07) is 0. The van der Waals surface area contributed by atoms with Crippen LogP contribution in [-0.4, -0.2) is 36.5 Å². The first-order valence-corrected chi connectivity index (χ1v) is 5.06. The van der Waals surface area contributed by atoms with Gasteiger partial charge in [0.25, 0.3) is 0 Å². The molecule has 0 spiro atoms. The first kappa shape index (κ1) is 11.8. The minimum atomic E-state index is -0.659. The van der Waals surface area contributed by atoms with Crippen molar-refractivity contribution in [2.75, 3.05) is 6.61 Å². The Bertz CT molecular complexity index is 207. The molecule has 0 N–H and O–H groups in total. The van der Waals surface area contributed by atoms with Crippen molar-refractivity contribution in [3.05, 3.63) is 0 Å². The maximum absolute atomic E-state index is 11.1. The molecule has 1 fully saturated rings. The lowest BCUT2D eigenvalue weighted by Crippen LogP contribution is -2.43. The van der Waals surface area contributed by atoms with Gasteiger partial charge in [0.05, 0.1) is 12.2 Å². The second kappa shape index (κ2) is 4.96. The lowest BCUT2D eigenvalue weighted by atomic mass is 10.2. The number of alkyl halides is 1. The van der Waals surface area contributed by atoms with Gasteiger partial charge in [0.1, 0.15) is 12.0 Å². The van der Waals surface area contributed by atoms with Crippen LogP contribution < -0.4 is 0 Å². The standard InChI is InChI=1S/C9H15ClO4/c1-5(10)9(11)14-8-4-12-6(2)7(3)13-8/h5-8H,4H2,1-3H3. The maximum atomic E-state index is 11.1. The van der Waals surface area contributed by atoms with Gasteiger partial charge in [-0.3, -0.25) is 4.79 Å². The van der Waals surface area contributed by atoms with E-state index in [-0.39, 0.29) is 18.8 Å². The second-order valence-electron chi connectivity index (χ2n) is 3.36. The van der Waals surface area contributed by atoms with Crippen LogP contribution in [0, 0.1) is 0 Å². The van der Waals surface area contributed by atoms with E-state index in [1.807, 2.05) is 13.8 Å². The molecule has 4 unspecified atom stereocenters. The van der Waals surface area contributed by atoms with Gasteiger partial charge in [-0.25, -0.2) is 0 Å². The van der Waals surface area contributed by atoms with Crippen LogP contribution in [0.3, 0.4) is 0 Å². The van der Waals surface area contributed by atoms with Gasteiger partial charge in [0, 0.05) is 0 Å². The molecule has 0 bridgehead atoms. The number of hydrogen-bond donors (Lipinski definition) is 0. The van der Waals surface area contributed by atoms with Gasteiger partial charge in [-0.05, 0) is 20.8 Å². The Morgan fingerprint density at radius 2 is 2.14 bits per heavy atom. The predicted octanol–water partition coefficient (Wildman–Crippen LogP) is 1.31. The second-order valence-corrected chi connectivity index (χ2v) is 4.02. The normalized spacial score (nSPS) is 35.0. The summed E-state index contributed by atoms with van der Waals surface area (Å²) in [6.45, 7) is 5.60. The number of ether oxygens (including phenoxy) is 3. The quantitative estimate of drug-likeness (QED) is 0.522. The summed E-state index contributed by atoms with van der Waals surface area (Å²) in [5.41, 5.74) is 0. The summed E-state index contributed by atoms with van der Waals surface area (Å²) < 4.78 is 15.7. The Hall–Kier alpha value is -0.320. The third-order valence-electron chi connectivity index (χ3n) is 2.10. The third kappa shape index (κ3) is 3.12. The fraction of sp³-hybridized carbons (Fsp3) is 0.889. The Labute approximate surface area is 88.5 Å². The summed E-state index contributed by atoms with van der Waals surface area (Å²) in [5.74, 6) is -0.484. The molecular weight excluding hydrogens is 208 g/mol. The zero-order chi connectivity index (χ0) is 10.7. The topological polar surface area (TPSA) is 44.8 Å². The van der Waals surface area contributed by atoms with Crippen LogP contribution in [0.4, 0.5) is 0 Å². The molecule has 5 heteroatoms. The molecule has 1 saturated heterocycles. The van der Waals surface area contributed by atoms with Gasteiger partial charge < -0.3 is 14.2 Å². The number of rotatable bonds is 2. The summed E-state index contributed by atoms with van der Waals surface area (Å²) in [7, 11) is 0. The molecular formula is C9H15ClO4. The van der Waals surface area contributed by atoms with E-state index in [2.05, 4.69) is 0 Å². The highest BCUT2D eigenvalue weighted by Gasteiger charge is 2.29. The Morgan fingerprint density at radius 1 is 1.50 bits per heavy atom. The fourth-order valence-corrected chi connectivity index (χ4v) is 1.09. The van der Waals surface area contributed by atoms with Crippen molar-refractivity contribution in [2.45, 2.75) is 44.6 Å². The van der Waals surface area contributed by atoms with Crippen molar-refractivity contribution in [1.82, 2.24) is 0 Å². The van der Waals surface area contributed by atoms with Gasteiger partial charge >= 0.3 is 5.97 Å². The minimum Gasteiger partial charge on any atom is -0.432 e. The van der Waals surface area contributed by atoms with E-state index in [0.29, 0.717) is 0 Å². The molecule has 1 heterocycles. The number of carbonyl (C=O) groups excluding carboxylic acids is 1. The SMILES string of the molecule is CC(Cl)C(=O)OC1COC(C)C(C)O1. The molecule has 0 amide bonds. The molecule has 0 saturated carbocycles. The Morgan fingerprint density at radius 3 is 2.64 bits per heavy atom. The number of carbonyl (C=O) groups is 1. The molecule has 0 aromatic heterocycles. The maximum Gasteiger partial charge on any atom is 0.326 e. The molecule has 14 heavy (non-hydrogen) atoms. The first-order valence-electron chi connectivity index (χ1n) is 4.62. The van der Waals surface area contributed by atoms with Crippen molar-refractivity contribution in [3.8, 4) is 0 Å². The monoisotopic (exact) mass is 222 g/mol. The van der Waals surface area contributed by atoms with Crippen molar-refractivity contribution in [2.24, 2.45) is 0 Å². The van der Waals surface area contributed by atoms with E-state index >= 15 is 0 Å². The molecule has 0 aliphatic carbocycles. The molecule has 0 radical (unpaired) electrons. The van der Waals surface area contributed by atoms with Crippen LogP contribution in [0.2, 0.25) is 0 Å². The van der Waals surface area contributed by atoms with Crippen LogP contribution in [0.25, 0.3) is 0 Å². The van der Waals surface area contributed by atoms with Crippen molar-refractivity contribution < 1.29 is 19.0 Å². The Balaban J connectivity index is 2.37. The van der Waals surface area contributed by atoms with Crippen LogP contribution in [0.15, 0.2) is 0 Å². The van der Waals surface area contributed by atoms with E-state index in [4.69, 9.17) is 25.8 Å². The zero-order valence-corrected chi connectivity index (χ0v) is 9.28. The average molecular weight is 223 g/mol. The number of halogens is 1. The minimum absolute atomic E-state index is 0.0263. The molecule has 1 aliphatic heterocycles. The van der Waals surface area contributed by atoms with Crippen molar-refractivity contribution in [1.29, 1.82) is 0 Å².